The Labute approximate surface area is 172 Å². The molecule has 0 aromatic heterocycles. The van der Waals surface area contributed by atoms with Crippen molar-refractivity contribution in [1.29, 1.82) is 0 Å². The van der Waals surface area contributed by atoms with Gasteiger partial charge >= 0.3 is 18.9 Å². The third-order valence-electron chi connectivity index (χ3n) is 3.97. The predicted molar refractivity (Wildman–Crippen MR) is 112 cm³/mol. The Balaban J connectivity index is 0. The van der Waals surface area contributed by atoms with Gasteiger partial charge in [-0.1, -0.05) is 53.1 Å². The quantitative estimate of drug-likeness (QED) is 0.383. The molecule has 0 fully saturated rings. The van der Waals surface area contributed by atoms with Gasteiger partial charge in [-0.2, -0.15) is 0 Å². The molecule has 0 saturated heterocycles. The molecular formula is C19H43LiNO2Si2+. The molecule has 0 bridgehead atoms. The summed E-state index contributed by atoms with van der Waals surface area (Å²) < 4.78 is 10.6. The Bertz CT molecular complexity index is 380. The molecule has 1 N–H and O–H groups in total. The molecule has 0 unspecified atom stereocenters. The molecule has 0 saturated carbocycles. The molecule has 0 atom stereocenters. The number of ether oxygens (including phenoxy) is 2. The molecule has 0 aliphatic carbocycles. The molecule has 0 radical (unpaired) electrons. The van der Waals surface area contributed by atoms with Crippen molar-refractivity contribution in [2.24, 2.45) is 5.41 Å². The topological polar surface area (TPSA) is 22.9 Å². The molecule has 3 nitrogen and oxygen atoms in total. The summed E-state index contributed by atoms with van der Waals surface area (Å²) in [5, 5.41) is 0. The van der Waals surface area contributed by atoms with Gasteiger partial charge in [0.15, 0.2) is 0 Å². The summed E-state index contributed by atoms with van der Waals surface area (Å²) in [6.07, 6.45) is 0. The first kappa shape index (κ1) is 27.7. The van der Waals surface area contributed by atoms with Crippen molar-refractivity contribution in [3.63, 3.8) is 0 Å². The van der Waals surface area contributed by atoms with Gasteiger partial charge in [0, 0.05) is 19.6 Å². The minimum Gasteiger partial charge on any atom is -0.379 e. The SMILES string of the molecule is COCC[NH+](CCOC)CC(C)(C)C(=C[Si](C)(C)C)[CH-][Si](C)(C)C.[Li+]. The van der Waals surface area contributed by atoms with E-state index in [2.05, 4.69) is 64.9 Å². The second kappa shape index (κ2) is 12.1. The fraction of sp³-hybridized carbons (Fsp3) is 0.842. The Kier molecular flexibility index (Phi) is 13.4. The van der Waals surface area contributed by atoms with Crippen molar-refractivity contribution in [3.8, 4) is 0 Å². The number of methoxy groups -OCH3 is 2. The second-order valence-electron chi connectivity index (χ2n) is 9.77. The van der Waals surface area contributed by atoms with E-state index in [0.717, 1.165) is 32.8 Å². The van der Waals surface area contributed by atoms with E-state index in [1.165, 1.54) is 0 Å². The van der Waals surface area contributed by atoms with Gasteiger partial charge in [-0.3, -0.25) is 0 Å². The van der Waals surface area contributed by atoms with Crippen LogP contribution in [0.4, 0.5) is 0 Å². The molecule has 25 heavy (non-hydrogen) atoms. The van der Waals surface area contributed by atoms with Crippen LogP contribution < -0.4 is 23.8 Å². The fourth-order valence-corrected chi connectivity index (χ4v) is 5.87. The average Bonchev–Trinajstić information content (AvgIpc) is 2.37. The molecule has 144 valence electrons. The number of quaternary nitrogens is 1. The van der Waals surface area contributed by atoms with E-state index in [1.807, 2.05) is 0 Å². The van der Waals surface area contributed by atoms with E-state index < -0.39 is 16.1 Å². The van der Waals surface area contributed by atoms with Crippen molar-refractivity contribution in [2.45, 2.75) is 53.1 Å². The van der Waals surface area contributed by atoms with E-state index in [4.69, 9.17) is 9.47 Å². The third-order valence-corrected chi connectivity index (χ3v) is 6.32. The monoisotopic (exact) mass is 380 g/mol. The van der Waals surface area contributed by atoms with E-state index in [1.54, 1.807) is 24.7 Å². The van der Waals surface area contributed by atoms with E-state index in [9.17, 15) is 0 Å². The normalized spacial score (nSPS) is 13.8. The van der Waals surface area contributed by atoms with Crippen LogP contribution in [0.2, 0.25) is 39.3 Å². The number of hydrogen-bond acceptors (Lipinski definition) is 2. The molecule has 0 amide bonds. The maximum Gasteiger partial charge on any atom is 1.00 e. The standard InChI is InChI=1S/C19H42NO2Si2.Li/c1-19(2,17-20(11-13-21-3)12-14-22-4)18(15-23(5,6)7)16-24(8,9)10;/h15-16H,11-14,17H2,1-10H3;/q-1;+1/p+1. The largest absolute Gasteiger partial charge is 1.00 e. The van der Waals surface area contributed by atoms with E-state index in [0.29, 0.717) is 0 Å². The zero-order valence-corrected chi connectivity index (χ0v) is 21.0. The smallest absolute Gasteiger partial charge is 0.379 e. The van der Waals surface area contributed by atoms with Crippen molar-refractivity contribution < 1.29 is 33.2 Å². The van der Waals surface area contributed by atoms with Crippen LogP contribution in [0.3, 0.4) is 0 Å². The van der Waals surface area contributed by atoms with Gasteiger partial charge in [0.25, 0.3) is 0 Å². The zero-order chi connectivity index (χ0) is 19.0. The van der Waals surface area contributed by atoms with Gasteiger partial charge in [-0.05, 0) is 16.1 Å². The van der Waals surface area contributed by atoms with Gasteiger partial charge in [-0.15, -0.1) is 0 Å². The molecule has 0 rings (SSSR count). The van der Waals surface area contributed by atoms with Crippen LogP contribution in [0, 0.1) is 11.5 Å². The van der Waals surface area contributed by atoms with E-state index in [-0.39, 0.29) is 24.3 Å². The summed E-state index contributed by atoms with van der Waals surface area (Å²) in [6.45, 7) is 24.2. The molecule has 6 heteroatoms. The zero-order valence-electron chi connectivity index (χ0n) is 19.0. The van der Waals surface area contributed by atoms with Gasteiger partial charge in [0.2, 0.25) is 0 Å². The molecule has 0 spiro atoms. The van der Waals surface area contributed by atoms with Gasteiger partial charge in [0.1, 0.15) is 13.1 Å². The van der Waals surface area contributed by atoms with Gasteiger partial charge < -0.3 is 14.4 Å². The minimum absolute atomic E-state index is 0. The Morgan fingerprint density at radius 3 is 1.72 bits per heavy atom. The van der Waals surface area contributed by atoms with Crippen molar-refractivity contribution in [3.05, 3.63) is 17.3 Å². The minimum atomic E-state index is -1.26. The van der Waals surface area contributed by atoms with Crippen LogP contribution in [-0.2, 0) is 9.47 Å². The molecule has 0 aliphatic rings. The van der Waals surface area contributed by atoms with Crippen LogP contribution in [0.15, 0.2) is 11.3 Å². The molecule has 0 aromatic carbocycles. The number of rotatable bonds is 12. The molecular weight excluding hydrogens is 337 g/mol. The van der Waals surface area contributed by atoms with Crippen LogP contribution in [0.25, 0.3) is 0 Å². The van der Waals surface area contributed by atoms with E-state index >= 15 is 0 Å². The fourth-order valence-electron chi connectivity index (χ4n) is 2.89. The molecule has 0 heterocycles. The number of hydrogen-bond donors (Lipinski definition) is 1. The summed E-state index contributed by atoms with van der Waals surface area (Å²) in [7, 11) is 1.05. The molecule has 0 aliphatic heterocycles. The Morgan fingerprint density at radius 2 is 1.40 bits per heavy atom. The summed E-state index contributed by atoms with van der Waals surface area (Å²) in [5.74, 6) is 0. The first-order valence-electron chi connectivity index (χ1n) is 9.21. The van der Waals surface area contributed by atoms with Crippen LogP contribution in [0.1, 0.15) is 13.8 Å². The van der Waals surface area contributed by atoms with Gasteiger partial charge in [-0.25, -0.2) is 17.3 Å². The predicted octanol–water partition coefficient (Wildman–Crippen LogP) is 0.0798. The summed E-state index contributed by atoms with van der Waals surface area (Å²) in [5.41, 5.74) is 4.38. The Hall–Kier alpha value is 0.521. The maximum absolute atomic E-state index is 5.32. The van der Waals surface area contributed by atoms with Gasteiger partial charge in [0.05, 0.1) is 19.8 Å². The molecule has 0 aromatic rings. The van der Waals surface area contributed by atoms with Crippen LogP contribution in [-0.4, -0.2) is 63.2 Å². The average molecular weight is 381 g/mol. The van der Waals surface area contributed by atoms with Crippen molar-refractivity contribution in [1.82, 2.24) is 0 Å². The summed E-state index contributed by atoms with van der Waals surface area (Å²) in [4.78, 5) is 1.56. The summed E-state index contributed by atoms with van der Waals surface area (Å²) in [6, 6.07) is 2.62. The van der Waals surface area contributed by atoms with Crippen LogP contribution >= 0.6 is 0 Å². The van der Waals surface area contributed by atoms with Crippen molar-refractivity contribution in [2.75, 3.05) is 47.1 Å². The first-order valence-corrected chi connectivity index (χ1v) is 16.4. The van der Waals surface area contributed by atoms with Crippen LogP contribution in [0.5, 0.6) is 0 Å². The first-order chi connectivity index (χ1) is 10.8. The number of nitrogens with one attached hydrogen (secondary N) is 1. The third kappa shape index (κ3) is 14.3. The maximum atomic E-state index is 5.32. The van der Waals surface area contributed by atoms with Crippen molar-refractivity contribution >= 4 is 16.1 Å². The Morgan fingerprint density at radius 1 is 0.960 bits per heavy atom. The summed E-state index contributed by atoms with van der Waals surface area (Å²) >= 11 is 0. The second-order valence-corrected chi connectivity index (χ2v) is 19.8.